The van der Waals surface area contributed by atoms with Crippen molar-refractivity contribution in [2.24, 2.45) is 0 Å². The van der Waals surface area contributed by atoms with E-state index in [2.05, 4.69) is 57.9 Å². The number of aromatic nitrogens is 3. The number of anilines is 2. The number of hydrogen-bond donors (Lipinski definition) is 3. The van der Waals surface area contributed by atoms with Crippen LogP contribution in [-0.2, 0) is 11.3 Å². The van der Waals surface area contributed by atoms with Gasteiger partial charge in [0.05, 0.1) is 12.3 Å². The van der Waals surface area contributed by atoms with Crippen LogP contribution in [0.3, 0.4) is 0 Å². The molecule has 0 radical (unpaired) electrons. The smallest absolute Gasteiger partial charge is 0.234 e. The molecule has 2 aromatic carbocycles. The van der Waals surface area contributed by atoms with E-state index in [1.807, 2.05) is 31.2 Å². The van der Waals surface area contributed by atoms with E-state index in [4.69, 9.17) is 0 Å². The van der Waals surface area contributed by atoms with Gasteiger partial charge >= 0.3 is 0 Å². The zero-order valence-electron chi connectivity index (χ0n) is 15.7. The molecule has 0 spiro atoms. The van der Waals surface area contributed by atoms with E-state index in [1.54, 1.807) is 0 Å². The second-order valence-corrected chi connectivity index (χ2v) is 7.38. The summed E-state index contributed by atoms with van der Waals surface area (Å²) >= 11 is 1.31. The minimum Gasteiger partial charge on any atom is -0.378 e. The molecule has 0 saturated heterocycles. The number of H-pyrrole nitrogens is 1. The summed E-state index contributed by atoms with van der Waals surface area (Å²) in [7, 11) is 0. The van der Waals surface area contributed by atoms with Crippen molar-refractivity contribution >= 4 is 29.0 Å². The molecule has 0 unspecified atom stereocenters. The van der Waals surface area contributed by atoms with E-state index in [0.29, 0.717) is 11.7 Å². The van der Waals surface area contributed by atoms with E-state index < -0.39 is 0 Å². The van der Waals surface area contributed by atoms with Crippen LogP contribution in [0.5, 0.6) is 0 Å². The Morgan fingerprint density at radius 3 is 2.59 bits per heavy atom. The number of carbonyl (C=O) groups is 1. The van der Waals surface area contributed by atoms with Gasteiger partial charge in [0.1, 0.15) is 5.82 Å². The minimum absolute atomic E-state index is 0.0799. The Kier molecular flexibility index (Phi) is 6.13. The topological polar surface area (TPSA) is 82.7 Å². The maximum Gasteiger partial charge on any atom is 0.234 e. The third-order valence-electron chi connectivity index (χ3n) is 4.02. The molecule has 140 valence electrons. The molecule has 0 fully saturated rings. The van der Waals surface area contributed by atoms with Crippen molar-refractivity contribution in [3.05, 3.63) is 65.0 Å². The summed E-state index contributed by atoms with van der Waals surface area (Å²) in [6.07, 6.45) is 0. The van der Waals surface area contributed by atoms with Gasteiger partial charge in [-0.2, -0.15) is 0 Å². The minimum atomic E-state index is -0.0799. The SMILES string of the molecule is Cc1ccc(NC(=O)CSc2n[nH]c(CNc3cc(C)ccc3C)n2)cc1. The van der Waals surface area contributed by atoms with E-state index >= 15 is 0 Å². The van der Waals surface area contributed by atoms with E-state index in [9.17, 15) is 4.79 Å². The molecular weight excluding hydrogens is 358 g/mol. The molecular formula is C20H23N5OS. The molecule has 1 amide bonds. The van der Waals surface area contributed by atoms with Crippen LogP contribution in [0.25, 0.3) is 0 Å². The van der Waals surface area contributed by atoms with Gasteiger partial charge in [-0.25, -0.2) is 4.98 Å². The van der Waals surface area contributed by atoms with Gasteiger partial charge in [0.15, 0.2) is 0 Å². The van der Waals surface area contributed by atoms with Gasteiger partial charge in [0.25, 0.3) is 0 Å². The number of nitrogens with one attached hydrogen (secondary N) is 3. The lowest BCUT2D eigenvalue weighted by Gasteiger charge is -2.08. The summed E-state index contributed by atoms with van der Waals surface area (Å²) in [5, 5.41) is 13.9. The summed E-state index contributed by atoms with van der Waals surface area (Å²) in [4.78, 5) is 16.5. The Balaban J connectivity index is 1.48. The molecule has 3 aromatic rings. The van der Waals surface area contributed by atoms with Crippen LogP contribution in [0, 0.1) is 20.8 Å². The van der Waals surface area contributed by atoms with Crippen molar-refractivity contribution in [3.8, 4) is 0 Å². The summed E-state index contributed by atoms with van der Waals surface area (Å²) in [5.74, 6) is 0.913. The van der Waals surface area contributed by atoms with Gasteiger partial charge in [-0.1, -0.05) is 41.6 Å². The zero-order chi connectivity index (χ0) is 19.2. The fraction of sp³-hybridized carbons (Fsp3) is 0.250. The predicted molar refractivity (Wildman–Crippen MR) is 110 cm³/mol. The molecule has 1 heterocycles. The normalized spacial score (nSPS) is 10.6. The number of rotatable bonds is 7. The molecule has 27 heavy (non-hydrogen) atoms. The van der Waals surface area contributed by atoms with Crippen LogP contribution >= 0.6 is 11.8 Å². The van der Waals surface area contributed by atoms with Crippen LogP contribution in [0.1, 0.15) is 22.5 Å². The van der Waals surface area contributed by atoms with Crippen molar-refractivity contribution in [2.45, 2.75) is 32.5 Å². The molecule has 0 atom stereocenters. The highest BCUT2D eigenvalue weighted by Crippen LogP contribution is 2.18. The van der Waals surface area contributed by atoms with Crippen molar-refractivity contribution in [1.82, 2.24) is 15.2 Å². The van der Waals surface area contributed by atoms with Crippen LogP contribution in [0.2, 0.25) is 0 Å². The Morgan fingerprint density at radius 1 is 1.07 bits per heavy atom. The van der Waals surface area contributed by atoms with Gasteiger partial charge in [0.2, 0.25) is 11.1 Å². The molecule has 6 nitrogen and oxygen atoms in total. The van der Waals surface area contributed by atoms with Crippen LogP contribution in [0.15, 0.2) is 47.6 Å². The average Bonchev–Trinajstić information content (AvgIpc) is 3.11. The summed E-state index contributed by atoms with van der Waals surface area (Å²) in [6, 6.07) is 14.0. The summed E-state index contributed by atoms with van der Waals surface area (Å²) in [5.41, 5.74) is 5.42. The highest BCUT2D eigenvalue weighted by atomic mass is 32.2. The standard InChI is InChI=1S/C20H23N5OS/c1-13-5-8-16(9-6-13)22-19(26)12-27-20-23-18(24-25-20)11-21-17-10-14(2)4-7-15(17)3/h4-10,21H,11-12H2,1-3H3,(H,22,26)(H,23,24,25). The van der Waals surface area contributed by atoms with Crippen molar-refractivity contribution < 1.29 is 4.79 Å². The molecule has 0 aliphatic carbocycles. The van der Waals surface area contributed by atoms with E-state index in [1.165, 1.54) is 22.9 Å². The Bertz CT molecular complexity index is 920. The van der Waals surface area contributed by atoms with Crippen LogP contribution in [0.4, 0.5) is 11.4 Å². The molecule has 0 bridgehead atoms. The number of aromatic amines is 1. The maximum absolute atomic E-state index is 12.0. The Morgan fingerprint density at radius 2 is 1.81 bits per heavy atom. The van der Waals surface area contributed by atoms with Crippen molar-refractivity contribution in [2.75, 3.05) is 16.4 Å². The molecule has 0 saturated carbocycles. The first-order chi connectivity index (χ1) is 13.0. The highest BCUT2D eigenvalue weighted by molar-refractivity contribution is 7.99. The number of benzene rings is 2. The molecule has 1 aromatic heterocycles. The number of hydrogen-bond acceptors (Lipinski definition) is 5. The molecule has 3 rings (SSSR count). The number of amides is 1. The second kappa shape index (κ2) is 8.73. The predicted octanol–water partition coefficient (Wildman–Crippen LogP) is 4.07. The second-order valence-electron chi connectivity index (χ2n) is 6.44. The molecule has 0 aliphatic heterocycles. The molecule has 0 aliphatic rings. The summed E-state index contributed by atoms with van der Waals surface area (Å²) < 4.78 is 0. The number of thioether (sulfide) groups is 1. The third kappa shape index (κ3) is 5.59. The van der Waals surface area contributed by atoms with Gasteiger partial charge in [0, 0.05) is 11.4 Å². The maximum atomic E-state index is 12.0. The van der Waals surface area contributed by atoms with E-state index in [0.717, 1.165) is 22.8 Å². The highest BCUT2D eigenvalue weighted by Gasteiger charge is 2.08. The molecule has 3 N–H and O–H groups in total. The monoisotopic (exact) mass is 381 g/mol. The van der Waals surface area contributed by atoms with Gasteiger partial charge < -0.3 is 10.6 Å². The van der Waals surface area contributed by atoms with E-state index in [-0.39, 0.29) is 11.7 Å². The first-order valence-electron chi connectivity index (χ1n) is 8.71. The van der Waals surface area contributed by atoms with Crippen LogP contribution in [-0.4, -0.2) is 26.8 Å². The molecule has 7 heteroatoms. The Hall–Kier alpha value is -2.80. The van der Waals surface area contributed by atoms with Gasteiger partial charge in [-0.05, 0) is 50.1 Å². The zero-order valence-corrected chi connectivity index (χ0v) is 16.5. The van der Waals surface area contributed by atoms with Crippen LogP contribution < -0.4 is 10.6 Å². The lowest BCUT2D eigenvalue weighted by atomic mass is 10.1. The number of carbonyl (C=O) groups excluding carboxylic acids is 1. The first-order valence-corrected chi connectivity index (χ1v) is 9.70. The van der Waals surface area contributed by atoms with Gasteiger partial charge in [-0.3, -0.25) is 9.89 Å². The quantitative estimate of drug-likeness (QED) is 0.537. The van der Waals surface area contributed by atoms with Crippen molar-refractivity contribution in [3.63, 3.8) is 0 Å². The first kappa shape index (κ1) is 19.0. The summed E-state index contributed by atoms with van der Waals surface area (Å²) in [6.45, 7) is 6.69. The third-order valence-corrected chi connectivity index (χ3v) is 4.87. The fourth-order valence-corrected chi connectivity index (χ4v) is 3.11. The fourth-order valence-electron chi connectivity index (χ4n) is 2.49. The largest absolute Gasteiger partial charge is 0.378 e. The van der Waals surface area contributed by atoms with Crippen molar-refractivity contribution in [1.29, 1.82) is 0 Å². The number of nitrogens with zero attached hydrogens (tertiary/aromatic N) is 2. The lowest BCUT2D eigenvalue weighted by Crippen LogP contribution is -2.14. The lowest BCUT2D eigenvalue weighted by molar-refractivity contribution is -0.113. The average molecular weight is 382 g/mol. The Labute approximate surface area is 163 Å². The number of aryl methyl sites for hydroxylation is 3. The van der Waals surface area contributed by atoms with Gasteiger partial charge in [-0.15, -0.1) is 5.10 Å².